The maximum absolute atomic E-state index is 13.3. The van der Waals surface area contributed by atoms with Crippen LogP contribution in [0.4, 0.5) is 4.39 Å². The monoisotopic (exact) mass is 295 g/mol. The fraction of sp³-hybridized carbons (Fsp3) is 0.455. The van der Waals surface area contributed by atoms with Crippen molar-refractivity contribution < 1.29 is 17.4 Å². The fourth-order valence-corrected chi connectivity index (χ4v) is 2.25. The van der Waals surface area contributed by atoms with Crippen molar-refractivity contribution in [1.82, 2.24) is 5.32 Å². The molecule has 2 N–H and O–H groups in total. The Kier molecular flexibility index (Phi) is 6.01. The molecule has 0 bridgehead atoms. The molecule has 0 spiro atoms. The number of hydrogen-bond donors (Lipinski definition) is 2. The highest BCUT2D eigenvalue weighted by molar-refractivity contribution is 7.85. The molecule has 0 fully saturated rings. The van der Waals surface area contributed by atoms with Gasteiger partial charge in [0.25, 0.3) is 10.1 Å². The SMILES string of the molecule is O=S(=O)(O)CCCCNCc1c(F)cccc1Cl. The third kappa shape index (κ3) is 5.77. The third-order valence-corrected chi connectivity index (χ3v) is 3.53. The molecule has 0 unspecified atom stereocenters. The Morgan fingerprint density at radius 1 is 1.33 bits per heavy atom. The van der Waals surface area contributed by atoms with Crippen molar-refractivity contribution in [3.8, 4) is 0 Å². The molecule has 0 amide bonds. The number of unbranched alkanes of at least 4 members (excludes halogenated alkanes) is 1. The van der Waals surface area contributed by atoms with E-state index < -0.39 is 10.1 Å². The predicted octanol–water partition coefficient (Wildman–Crippen LogP) is 2.24. The van der Waals surface area contributed by atoms with E-state index >= 15 is 0 Å². The van der Waals surface area contributed by atoms with E-state index in [0.717, 1.165) is 0 Å². The van der Waals surface area contributed by atoms with Gasteiger partial charge in [0.1, 0.15) is 5.82 Å². The summed E-state index contributed by atoms with van der Waals surface area (Å²) >= 11 is 5.84. The van der Waals surface area contributed by atoms with Crippen molar-refractivity contribution in [3.63, 3.8) is 0 Å². The van der Waals surface area contributed by atoms with Crippen LogP contribution in [0.3, 0.4) is 0 Å². The van der Waals surface area contributed by atoms with Crippen molar-refractivity contribution in [3.05, 3.63) is 34.6 Å². The van der Waals surface area contributed by atoms with Crippen molar-refractivity contribution in [2.75, 3.05) is 12.3 Å². The summed E-state index contributed by atoms with van der Waals surface area (Å²) in [5, 5.41) is 3.33. The van der Waals surface area contributed by atoms with Crippen molar-refractivity contribution in [2.45, 2.75) is 19.4 Å². The van der Waals surface area contributed by atoms with Crippen LogP contribution in [-0.2, 0) is 16.7 Å². The van der Waals surface area contributed by atoms with Crippen molar-refractivity contribution in [2.24, 2.45) is 0 Å². The van der Waals surface area contributed by atoms with Gasteiger partial charge in [0.05, 0.1) is 5.75 Å². The first kappa shape index (κ1) is 15.4. The molecular formula is C11H15ClFNO3S. The van der Waals surface area contributed by atoms with Crippen LogP contribution < -0.4 is 5.32 Å². The molecule has 7 heteroatoms. The van der Waals surface area contributed by atoms with Crippen LogP contribution in [0, 0.1) is 5.82 Å². The highest BCUT2D eigenvalue weighted by atomic mass is 35.5. The van der Waals surface area contributed by atoms with Gasteiger partial charge in [-0.15, -0.1) is 0 Å². The van der Waals surface area contributed by atoms with Crippen molar-refractivity contribution >= 4 is 21.7 Å². The minimum absolute atomic E-state index is 0.255. The molecule has 0 radical (unpaired) electrons. The maximum Gasteiger partial charge on any atom is 0.264 e. The standard InChI is InChI=1S/C11H15ClFNO3S/c12-10-4-3-5-11(13)9(10)8-14-6-1-2-7-18(15,16)17/h3-5,14H,1-2,6-8H2,(H,15,16,17). The van der Waals surface area contributed by atoms with Crippen molar-refractivity contribution in [1.29, 1.82) is 0 Å². The molecular weight excluding hydrogens is 281 g/mol. The molecule has 0 saturated heterocycles. The molecule has 0 atom stereocenters. The Hall–Kier alpha value is -0.690. The van der Waals surface area contributed by atoms with Gasteiger partial charge in [-0.25, -0.2) is 4.39 Å². The van der Waals surface area contributed by atoms with Crippen LogP contribution in [0.25, 0.3) is 0 Å². The largest absolute Gasteiger partial charge is 0.313 e. The van der Waals surface area contributed by atoms with Gasteiger partial charge in [-0.05, 0) is 31.5 Å². The van der Waals surface area contributed by atoms with Gasteiger partial charge >= 0.3 is 0 Å². The van der Waals surface area contributed by atoms with Crippen LogP contribution in [-0.4, -0.2) is 25.3 Å². The Morgan fingerprint density at radius 2 is 2.06 bits per heavy atom. The van der Waals surface area contributed by atoms with E-state index in [1.807, 2.05) is 0 Å². The van der Waals surface area contributed by atoms with E-state index in [0.29, 0.717) is 30.0 Å². The molecule has 0 aliphatic heterocycles. The van der Waals surface area contributed by atoms with Gasteiger partial charge in [0.2, 0.25) is 0 Å². The van der Waals surface area contributed by atoms with Gasteiger partial charge in [0.15, 0.2) is 0 Å². The van der Waals surface area contributed by atoms with Crippen LogP contribution in [0.5, 0.6) is 0 Å². The van der Waals surface area contributed by atoms with Gasteiger partial charge in [-0.2, -0.15) is 8.42 Å². The average molecular weight is 296 g/mol. The lowest BCUT2D eigenvalue weighted by Gasteiger charge is -2.07. The molecule has 4 nitrogen and oxygen atoms in total. The molecule has 0 aliphatic rings. The zero-order valence-corrected chi connectivity index (χ0v) is 11.3. The zero-order chi connectivity index (χ0) is 13.6. The fourth-order valence-electron chi connectivity index (χ4n) is 1.45. The van der Waals surface area contributed by atoms with E-state index in [1.54, 1.807) is 6.07 Å². The summed E-state index contributed by atoms with van der Waals surface area (Å²) in [6, 6.07) is 4.48. The zero-order valence-electron chi connectivity index (χ0n) is 9.70. The van der Waals surface area contributed by atoms with E-state index in [-0.39, 0.29) is 18.1 Å². The quantitative estimate of drug-likeness (QED) is 0.598. The van der Waals surface area contributed by atoms with E-state index in [9.17, 15) is 12.8 Å². The van der Waals surface area contributed by atoms with Crippen LogP contribution in [0.15, 0.2) is 18.2 Å². The normalized spacial score (nSPS) is 11.7. The van der Waals surface area contributed by atoms with Gasteiger partial charge in [-0.1, -0.05) is 17.7 Å². The Bertz CT molecular complexity index is 473. The molecule has 102 valence electrons. The number of nitrogens with one attached hydrogen (secondary N) is 1. The number of rotatable bonds is 7. The smallest absolute Gasteiger partial charge is 0.264 e. The summed E-state index contributed by atoms with van der Waals surface area (Å²) in [5.41, 5.74) is 0.397. The summed E-state index contributed by atoms with van der Waals surface area (Å²) < 4.78 is 42.7. The average Bonchev–Trinajstić information content (AvgIpc) is 2.25. The van der Waals surface area contributed by atoms with E-state index in [1.165, 1.54) is 12.1 Å². The lowest BCUT2D eigenvalue weighted by atomic mass is 10.2. The van der Waals surface area contributed by atoms with Gasteiger partial charge in [0, 0.05) is 17.1 Å². The highest BCUT2D eigenvalue weighted by Crippen LogP contribution is 2.18. The second kappa shape index (κ2) is 7.04. The van der Waals surface area contributed by atoms with Crippen LogP contribution in [0.2, 0.25) is 5.02 Å². The summed E-state index contributed by atoms with van der Waals surface area (Å²) in [7, 11) is -3.89. The molecule has 1 aromatic carbocycles. The highest BCUT2D eigenvalue weighted by Gasteiger charge is 2.06. The topological polar surface area (TPSA) is 66.4 Å². The molecule has 1 rings (SSSR count). The van der Waals surface area contributed by atoms with Crippen LogP contribution in [0.1, 0.15) is 18.4 Å². The molecule has 0 heterocycles. The first-order valence-electron chi connectivity index (χ1n) is 5.49. The molecule has 1 aromatic rings. The Morgan fingerprint density at radius 3 is 2.67 bits per heavy atom. The summed E-state index contributed by atoms with van der Waals surface area (Å²) in [6.45, 7) is 0.817. The molecule has 18 heavy (non-hydrogen) atoms. The first-order chi connectivity index (χ1) is 8.40. The Balaban J connectivity index is 2.26. The maximum atomic E-state index is 13.3. The second-order valence-electron chi connectivity index (χ2n) is 3.87. The number of halogens is 2. The summed E-state index contributed by atoms with van der Waals surface area (Å²) in [6.07, 6.45) is 0.933. The predicted molar refractivity (Wildman–Crippen MR) is 68.8 cm³/mol. The number of hydrogen-bond acceptors (Lipinski definition) is 3. The molecule has 0 saturated carbocycles. The lowest BCUT2D eigenvalue weighted by Crippen LogP contribution is -2.17. The molecule has 0 aliphatic carbocycles. The first-order valence-corrected chi connectivity index (χ1v) is 7.47. The lowest BCUT2D eigenvalue weighted by molar-refractivity contribution is 0.479. The summed E-state index contributed by atoms with van der Waals surface area (Å²) in [4.78, 5) is 0. The van der Waals surface area contributed by atoms with E-state index in [2.05, 4.69) is 5.32 Å². The number of benzene rings is 1. The minimum Gasteiger partial charge on any atom is -0.313 e. The minimum atomic E-state index is -3.89. The van der Waals surface area contributed by atoms with Crippen LogP contribution >= 0.6 is 11.6 Å². The van der Waals surface area contributed by atoms with E-state index in [4.69, 9.17) is 16.2 Å². The molecule has 0 aromatic heterocycles. The van der Waals surface area contributed by atoms with Gasteiger partial charge < -0.3 is 5.32 Å². The second-order valence-corrected chi connectivity index (χ2v) is 5.85. The third-order valence-electron chi connectivity index (χ3n) is 2.37. The Labute approximate surface area is 111 Å². The van der Waals surface area contributed by atoms with Gasteiger partial charge in [-0.3, -0.25) is 4.55 Å². The summed E-state index contributed by atoms with van der Waals surface area (Å²) in [5.74, 6) is -0.622.